The number of nitrogens with one attached hydrogen (secondary N) is 1. The van der Waals surface area contributed by atoms with E-state index in [-0.39, 0.29) is 5.91 Å². The summed E-state index contributed by atoms with van der Waals surface area (Å²) in [5, 5.41) is 2.89. The lowest BCUT2D eigenvalue weighted by molar-refractivity contribution is -0.120. The van der Waals surface area contributed by atoms with Crippen LogP contribution in [-0.2, 0) is 17.8 Å². The summed E-state index contributed by atoms with van der Waals surface area (Å²) in [4.78, 5) is 15.7. The van der Waals surface area contributed by atoms with Gasteiger partial charge in [0.2, 0.25) is 5.91 Å². The molecule has 0 saturated carbocycles. The normalized spacial score (nSPS) is 10.1. The van der Waals surface area contributed by atoms with E-state index in [4.69, 9.17) is 0 Å². The van der Waals surface area contributed by atoms with Gasteiger partial charge in [-0.3, -0.25) is 9.78 Å². The Kier molecular flexibility index (Phi) is 4.47. The molecule has 1 aromatic carbocycles. The highest BCUT2D eigenvalue weighted by molar-refractivity contribution is 9.10. The molecule has 0 aliphatic rings. The van der Waals surface area contributed by atoms with Crippen LogP contribution in [0.5, 0.6) is 0 Å². The number of hydrogen-bond acceptors (Lipinski definition) is 2. The zero-order valence-corrected chi connectivity index (χ0v) is 11.4. The predicted molar refractivity (Wildman–Crippen MR) is 73.9 cm³/mol. The summed E-state index contributed by atoms with van der Waals surface area (Å²) in [5.74, 6) is -0.00115. The minimum absolute atomic E-state index is 0.00115. The molecule has 0 fully saturated rings. The van der Waals surface area contributed by atoms with Gasteiger partial charge in [-0.25, -0.2) is 0 Å². The van der Waals surface area contributed by atoms with Crippen molar-refractivity contribution in [2.24, 2.45) is 0 Å². The van der Waals surface area contributed by atoms with Gasteiger partial charge in [-0.05, 0) is 23.3 Å². The van der Waals surface area contributed by atoms with Crippen LogP contribution in [0.3, 0.4) is 0 Å². The molecule has 1 amide bonds. The van der Waals surface area contributed by atoms with E-state index in [0.29, 0.717) is 13.0 Å². The highest BCUT2D eigenvalue weighted by atomic mass is 79.9. The topological polar surface area (TPSA) is 42.0 Å². The van der Waals surface area contributed by atoms with Crippen LogP contribution in [0.15, 0.2) is 53.3 Å². The van der Waals surface area contributed by atoms with Crippen LogP contribution in [0.1, 0.15) is 11.1 Å². The van der Waals surface area contributed by atoms with Crippen LogP contribution < -0.4 is 5.32 Å². The molecule has 3 nitrogen and oxygen atoms in total. The van der Waals surface area contributed by atoms with Gasteiger partial charge in [0.05, 0.1) is 6.42 Å². The average Bonchev–Trinajstić information content (AvgIpc) is 2.39. The second-order valence-electron chi connectivity index (χ2n) is 3.91. The first-order chi connectivity index (χ1) is 8.75. The molecule has 4 heteroatoms. The van der Waals surface area contributed by atoms with Gasteiger partial charge in [-0.1, -0.05) is 40.2 Å². The van der Waals surface area contributed by atoms with Crippen molar-refractivity contribution in [1.29, 1.82) is 0 Å². The molecule has 1 aromatic heterocycles. The molecule has 0 aliphatic carbocycles. The monoisotopic (exact) mass is 304 g/mol. The summed E-state index contributed by atoms with van der Waals surface area (Å²) in [6.45, 7) is 0.528. The number of halogens is 1. The Hall–Kier alpha value is -1.68. The zero-order valence-electron chi connectivity index (χ0n) is 9.77. The van der Waals surface area contributed by atoms with Gasteiger partial charge in [-0.2, -0.15) is 0 Å². The maximum Gasteiger partial charge on any atom is 0.224 e. The van der Waals surface area contributed by atoms with Gasteiger partial charge in [-0.15, -0.1) is 0 Å². The van der Waals surface area contributed by atoms with Crippen LogP contribution >= 0.6 is 15.9 Å². The van der Waals surface area contributed by atoms with E-state index in [1.54, 1.807) is 12.4 Å². The fourth-order valence-electron chi connectivity index (χ4n) is 1.59. The van der Waals surface area contributed by atoms with Gasteiger partial charge < -0.3 is 5.32 Å². The van der Waals surface area contributed by atoms with Crippen molar-refractivity contribution < 1.29 is 4.79 Å². The number of benzene rings is 1. The summed E-state index contributed by atoms with van der Waals surface area (Å²) in [5.41, 5.74) is 1.99. The fourth-order valence-corrected chi connectivity index (χ4v) is 2.01. The molecular weight excluding hydrogens is 292 g/mol. The highest BCUT2D eigenvalue weighted by Gasteiger charge is 2.04. The Morgan fingerprint density at radius 1 is 1.22 bits per heavy atom. The van der Waals surface area contributed by atoms with E-state index >= 15 is 0 Å². The predicted octanol–water partition coefficient (Wildman–Crippen LogP) is 2.70. The number of hydrogen-bond donors (Lipinski definition) is 1. The Morgan fingerprint density at radius 2 is 2.06 bits per heavy atom. The Labute approximate surface area is 114 Å². The minimum Gasteiger partial charge on any atom is -0.352 e. The largest absolute Gasteiger partial charge is 0.352 e. The van der Waals surface area contributed by atoms with Crippen molar-refractivity contribution in [1.82, 2.24) is 10.3 Å². The molecule has 0 atom stereocenters. The molecule has 0 aliphatic heterocycles. The molecule has 2 rings (SSSR count). The summed E-state index contributed by atoms with van der Waals surface area (Å²) in [6.07, 6.45) is 3.76. The molecule has 1 heterocycles. The number of amides is 1. The van der Waals surface area contributed by atoms with Crippen molar-refractivity contribution in [2.75, 3.05) is 0 Å². The lowest BCUT2D eigenvalue weighted by Gasteiger charge is -2.06. The van der Waals surface area contributed by atoms with Crippen LogP contribution in [0, 0.1) is 0 Å². The second kappa shape index (κ2) is 6.31. The lowest BCUT2D eigenvalue weighted by atomic mass is 10.2. The van der Waals surface area contributed by atoms with Crippen LogP contribution in [0.25, 0.3) is 0 Å². The highest BCUT2D eigenvalue weighted by Crippen LogP contribution is 2.15. The average molecular weight is 305 g/mol. The maximum atomic E-state index is 11.7. The number of aromatic nitrogens is 1. The molecule has 0 saturated heterocycles. The molecule has 2 aromatic rings. The van der Waals surface area contributed by atoms with Gasteiger partial charge in [0.1, 0.15) is 0 Å². The standard InChI is InChI=1S/C14H13BrN2O/c15-13-6-2-1-5-12(13)10-17-14(18)8-11-4-3-7-16-9-11/h1-7,9H,8,10H2,(H,17,18). The number of pyridine rings is 1. The van der Waals surface area contributed by atoms with Gasteiger partial charge >= 0.3 is 0 Å². The number of carbonyl (C=O) groups excluding carboxylic acids is 1. The molecule has 18 heavy (non-hydrogen) atoms. The number of carbonyl (C=O) groups is 1. The second-order valence-corrected chi connectivity index (χ2v) is 4.76. The van der Waals surface area contributed by atoms with E-state index in [1.165, 1.54) is 0 Å². The quantitative estimate of drug-likeness (QED) is 0.943. The number of rotatable bonds is 4. The maximum absolute atomic E-state index is 11.7. The molecular formula is C14H13BrN2O. The third-order valence-electron chi connectivity index (χ3n) is 2.52. The van der Waals surface area contributed by atoms with Crippen molar-refractivity contribution >= 4 is 21.8 Å². The molecule has 0 bridgehead atoms. The Morgan fingerprint density at radius 3 is 2.78 bits per heavy atom. The fraction of sp³-hybridized carbons (Fsp3) is 0.143. The van der Waals surface area contributed by atoms with Gasteiger partial charge in [0.15, 0.2) is 0 Å². The Bertz CT molecular complexity index is 528. The first kappa shape index (κ1) is 12.8. The van der Waals surface area contributed by atoms with Crippen LogP contribution in [0.2, 0.25) is 0 Å². The first-order valence-electron chi connectivity index (χ1n) is 5.65. The molecule has 92 valence electrons. The summed E-state index contributed by atoms with van der Waals surface area (Å²) < 4.78 is 1.01. The third-order valence-corrected chi connectivity index (χ3v) is 3.29. The SMILES string of the molecule is O=C(Cc1cccnc1)NCc1ccccc1Br. The third kappa shape index (κ3) is 3.67. The number of nitrogens with zero attached hydrogens (tertiary/aromatic N) is 1. The van der Waals surface area contributed by atoms with E-state index in [9.17, 15) is 4.79 Å². The van der Waals surface area contributed by atoms with Crippen molar-refractivity contribution in [2.45, 2.75) is 13.0 Å². The summed E-state index contributed by atoms with van der Waals surface area (Å²) >= 11 is 3.45. The first-order valence-corrected chi connectivity index (χ1v) is 6.44. The van der Waals surface area contributed by atoms with Gasteiger partial charge in [0.25, 0.3) is 0 Å². The van der Waals surface area contributed by atoms with E-state index in [2.05, 4.69) is 26.2 Å². The van der Waals surface area contributed by atoms with Crippen LogP contribution in [0.4, 0.5) is 0 Å². The Balaban J connectivity index is 1.88. The molecule has 0 radical (unpaired) electrons. The molecule has 1 N–H and O–H groups in total. The van der Waals surface area contributed by atoms with E-state index in [0.717, 1.165) is 15.6 Å². The van der Waals surface area contributed by atoms with E-state index < -0.39 is 0 Å². The summed E-state index contributed by atoms with van der Waals surface area (Å²) in [6, 6.07) is 11.6. The minimum atomic E-state index is -0.00115. The molecule has 0 unspecified atom stereocenters. The molecule has 0 spiro atoms. The van der Waals surface area contributed by atoms with Gasteiger partial charge in [0, 0.05) is 23.4 Å². The smallest absolute Gasteiger partial charge is 0.224 e. The van der Waals surface area contributed by atoms with E-state index in [1.807, 2.05) is 36.4 Å². The van der Waals surface area contributed by atoms with Crippen molar-refractivity contribution in [3.8, 4) is 0 Å². The van der Waals surface area contributed by atoms with Crippen molar-refractivity contribution in [3.63, 3.8) is 0 Å². The zero-order chi connectivity index (χ0) is 12.8. The van der Waals surface area contributed by atoms with Crippen LogP contribution in [-0.4, -0.2) is 10.9 Å². The lowest BCUT2D eigenvalue weighted by Crippen LogP contribution is -2.24. The summed E-state index contributed by atoms with van der Waals surface area (Å²) in [7, 11) is 0. The van der Waals surface area contributed by atoms with Crippen molar-refractivity contribution in [3.05, 3.63) is 64.4 Å².